The number of para-hydroxylation sites is 1. The fraction of sp³-hybridized carbons (Fsp3) is 0.526. The SMILES string of the molecule is CCn1c(SCC(=O)OC2CCCCC2)nnc1-c1ccccc1OC. The summed E-state index contributed by atoms with van der Waals surface area (Å²) in [6.45, 7) is 2.74. The topological polar surface area (TPSA) is 66.2 Å². The minimum Gasteiger partial charge on any atom is -0.496 e. The minimum absolute atomic E-state index is 0.0880. The largest absolute Gasteiger partial charge is 0.496 e. The van der Waals surface area contributed by atoms with Crippen LogP contribution in [0.1, 0.15) is 39.0 Å². The van der Waals surface area contributed by atoms with Crippen LogP contribution in [0.2, 0.25) is 0 Å². The summed E-state index contributed by atoms with van der Waals surface area (Å²) in [5.41, 5.74) is 0.890. The Morgan fingerprint density at radius 3 is 2.73 bits per heavy atom. The predicted octanol–water partition coefficient (Wildman–Crippen LogP) is 3.94. The molecule has 3 rings (SSSR count). The molecule has 1 aliphatic rings. The second-order valence-corrected chi connectivity index (χ2v) is 7.23. The lowest BCUT2D eigenvalue weighted by Gasteiger charge is -2.21. The number of methoxy groups -OCH3 is 1. The summed E-state index contributed by atoms with van der Waals surface area (Å²) in [6.07, 6.45) is 5.60. The van der Waals surface area contributed by atoms with Crippen LogP contribution in [0.25, 0.3) is 11.4 Å². The number of ether oxygens (including phenoxy) is 2. The van der Waals surface area contributed by atoms with Crippen molar-refractivity contribution >= 4 is 17.7 Å². The number of benzene rings is 1. The summed E-state index contributed by atoms with van der Waals surface area (Å²) in [6, 6.07) is 7.73. The second-order valence-electron chi connectivity index (χ2n) is 6.29. The van der Waals surface area contributed by atoms with Gasteiger partial charge in [0.25, 0.3) is 0 Å². The van der Waals surface area contributed by atoms with Gasteiger partial charge in [0.1, 0.15) is 11.9 Å². The zero-order valence-electron chi connectivity index (χ0n) is 15.3. The van der Waals surface area contributed by atoms with E-state index in [9.17, 15) is 4.79 Å². The Kier molecular flexibility index (Phi) is 6.55. The maximum absolute atomic E-state index is 12.1. The average Bonchev–Trinajstić information content (AvgIpc) is 3.09. The van der Waals surface area contributed by atoms with Crippen LogP contribution in [0.15, 0.2) is 29.4 Å². The van der Waals surface area contributed by atoms with Crippen molar-refractivity contribution in [3.63, 3.8) is 0 Å². The van der Waals surface area contributed by atoms with E-state index < -0.39 is 0 Å². The minimum atomic E-state index is -0.175. The van der Waals surface area contributed by atoms with Crippen molar-refractivity contribution in [2.24, 2.45) is 0 Å². The molecule has 0 N–H and O–H groups in total. The first kappa shape index (κ1) is 18.8. The van der Waals surface area contributed by atoms with Crippen molar-refractivity contribution in [1.29, 1.82) is 0 Å². The van der Waals surface area contributed by atoms with Crippen LogP contribution >= 0.6 is 11.8 Å². The summed E-state index contributed by atoms with van der Waals surface area (Å²) < 4.78 is 13.0. The van der Waals surface area contributed by atoms with Crippen LogP contribution in [0.3, 0.4) is 0 Å². The van der Waals surface area contributed by atoms with E-state index in [0.29, 0.717) is 11.7 Å². The molecule has 0 radical (unpaired) electrons. The van der Waals surface area contributed by atoms with Crippen LogP contribution in [0.5, 0.6) is 5.75 Å². The third-order valence-corrected chi connectivity index (χ3v) is 5.49. The van der Waals surface area contributed by atoms with Gasteiger partial charge in [-0.1, -0.05) is 30.3 Å². The van der Waals surface area contributed by atoms with Gasteiger partial charge >= 0.3 is 5.97 Å². The highest BCUT2D eigenvalue weighted by Gasteiger charge is 2.20. The van der Waals surface area contributed by atoms with Crippen molar-refractivity contribution in [2.75, 3.05) is 12.9 Å². The molecule has 0 aliphatic heterocycles. The molecule has 6 nitrogen and oxygen atoms in total. The molecule has 1 aliphatic carbocycles. The van der Waals surface area contributed by atoms with Crippen molar-refractivity contribution in [3.05, 3.63) is 24.3 Å². The van der Waals surface area contributed by atoms with Crippen molar-refractivity contribution < 1.29 is 14.3 Å². The molecule has 1 saturated carbocycles. The molecule has 7 heteroatoms. The van der Waals surface area contributed by atoms with E-state index in [1.54, 1.807) is 7.11 Å². The lowest BCUT2D eigenvalue weighted by molar-refractivity contribution is -0.147. The zero-order valence-corrected chi connectivity index (χ0v) is 16.1. The molecule has 1 heterocycles. The first-order valence-electron chi connectivity index (χ1n) is 9.11. The van der Waals surface area contributed by atoms with Crippen LogP contribution in [-0.4, -0.2) is 39.7 Å². The quantitative estimate of drug-likeness (QED) is 0.539. The Morgan fingerprint density at radius 1 is 1.23 bits per heavy atom. The van der Waals surface area contributed by atoms with E-state index in [1.165, 1.54) is 18.2 Å². The molecule has 26 heavy (non-hydrogen) atoms. The van der Waals surface area contributed by atoms with Crippen molar-refractivity contribution in [2.45, 2.75) is 56.8 Å². The Hall–Kier alpha value is -2.02. The molecule has 2 aromatic rings. The number of hydrogen-bond acceptors (Lipinski definition) is 6. The van der Waals surface area contributed by atoms with Gasteiger partial charge in [0, 0.05) is 6.54 Å². The molecule has 0 spiro atoms. The third kappa shape index (κ3) is 4.38. The van der Waals surface area contributed by atoms with Gasteiger partial charge in [0.2, 0.25) is 0 Å². The lowest BCUT2D eigenvalue weighted by Crippen LogP contribution is -2.22. The van der Waals surface area contributed by atoms with Gasteiger partial charge in [-0.25, -0.2) is 0 Å². The molecule has 0 atom stereocenters. The number of esters is 1. The van der Waals surface area contributed by atoms with Crippen LogP contribution < -0.4 is 4.74 Å². The van der Waals surface area contributed by atoms with Gasteiger partial charge < -0.3 is 14.0 Å². The number of hydrogen-bond donors (Lipinski definition) is 0. The fourth-order valence-electron chi connectivity index (χ4n) is 3.24. The highest BCUT2D eigenvalue weighted by atomic mass is 32.2. The molecule has 1 fully saturated rings. The number of thioether (sulfide) groups is 1. The van der Waals surface area contributed by atoms with E-state index in [4.69, 9.17) is 9.47 Å². The van der Waals surface area contributed by atoms with E-state index >= 15 is 0 Å². The molecule has 140 valence electrons. The van der Waals surface area contributed by atoms with Crippen LogP contribution in [-0.2, 0) is 16.1 Å². The number of carbonyl (C=O) groups is 1. The Balaban J connectivity index is 1.67. The van der Waals surface area contributed by atoms with Gasteiger partial charge in [0.15, 0.2) is 11.0 Å². The Bertz CT molecular complexity index is 741. The van der Waals surface area contributed by atoms with Gasteiger partial charge in [-0.15, -0.1) is 10.2 Å². The van der Waals surface area contributed by atoms with Crippen molar-refractivity contribution in [1.82, 2.24) is 14.8 Å². The molecular weight excluding hydrogens is 350 g/mol. The van der Waals surface area contributed by atoms with E-state index in [-0.39, 0.29) is 17.8 Å². The summed E-state index contributed by atoms with van der Waals surface area (Å²) in [5, 5.41) is 9.31. The van der Waals surface area contributed by atoms with E-state index in [2.05, 4.69) is 10.2 Å². The number of aromatic nitrogens is 3. The van der Waals surface area contributed by atoms with Crippen LogP contribution in [0, 0.1) is 0 Å². The maximum Gasteiger partial charge on any atom is 0.316 e. The molecule has 0 saturated heterocycles. The van der Waals surface area contributed by atoms with E-state index in [0.717, 1.165) is 42.8 Å². The normalized spacial score (nSPS) is 15.0. The predicted molar refractivity (Wildman–Crippen MR) is 101 cm³/mol. The average molecular weight is 375 g/mol. The monoisotopic (exact) mass is 375 g/mol. The maximum atomic E-state index is 12.1. The molecular formula is C19H25N3O3S. The van der Waals surface area contributed by atoms with Gasteiger partial charge in [-0.2, -0.15) is 0 Å². The third-order valence-electron chi connectivity index (χ3n) is 4.55. The van der Waals surface area contributed by atoms with Gasteiger partial charge in [0.05, 0.1) is 18.4 Å². The zero-order chi connectivity index (χ0) is 18.4. The number of nitrogens with zero attached hydrogens (tertiary/aromatic N) is 3. The fourth-order valence-corrected chi connectivity index (χ4v) is 4.02. The molecule has 0 unspecified atom stereocenters. The Morgan fingerprint density at radius 2 is 2.00 bits per heavy atom. The molecule has 0 amide bonds. The standard InChI is InChI=1S/C19H25N3O3S/c1-3-22-18(15-11-7-8-12-16(15)24-2)20-21-19(22)26-13-17(23)25-14-9-5-4-6-10-14/h7-8,11-12,14H,3-6,9-10,13H2,1-2H3. The van der Waals surface area contributed by atoms with E-state index in [1.807, 2.05) is 35.8 Å². The van der Waals surface area contributed by atoms with Gasteiger partial charge in [-0.05, 0) is 44.7 Å². The number of rotatable bonds is 7. The van der Waals surface area contributed by atoms with Gasteiger partial charge in [-0.3, -0.25) is 4.79 Å². The summed E-state index contributed by atoms with van der Waals surface area (Å²) in [5.74, 6) is 1.57. The number of carbonyl (C=O) groups excluding carboxylic acids is 1. The first-order chi connectivity index (χ1) is 12.7. The molecule has 1 aromatic carbocycles. The smallest absolute Gasteiger partial charge is 0.316 e. The van der Waals surface area contributed by atoms with Crippen LogP contribution in [0.4, 0.5) is 0 Å². The summed E-state index contributed by atoms with van der Waals surface area (Å²) in [7, 11) is 1.64. The summed E-state index contributed by atoms with van der Waals surface area (Å²) in [4.78, 5) is 12.1. The molecule has 0 bridgehead atoms. The Labute approximate surface area is 158 Å². The van der Waals surface area contributed by atoms with Crippen molar-refractivity contribution in [3.8, 4) is 17.1 Å². The second kappa shape index (κ2) is 9.07. The summed E-state index contributed by atoms with van der Waals surface area (Å²) >= 11 is 1.37. The lowest BCUT2D eigenvalue weighted by atomic mass is 9.98. The molecule has 1 aromatic heterocycles. The highest BCUT2D eigenvalue weighted by Crippen LogP contribution is 2.31. The first-order valence-corrected chi connectivity index (χ1v) is 10.1. The highest BCUT2D eigenvalue weighted by molar-refractivity contribution is 7.99.